The number of ether oxygens (including phenoxy) is 3. The molecule has 0 spiro atoms. The number of pyridine rings is 1. The van der Waals surface area contributed by atoms with E-state index in [9.17, 15) is 0 Å². The van der Waals surface area contributed by atoms with Crippen molar-refractivity contribution < 1.29 is 14.2 Å². The highest BCUT2D eigenvalue weighted by Crippen LogP contribution is 2.33. The lowest BCUT2D eigenvalue weighted by Gasteiger charge is -2.29. The van der Waals surface area contributed by atoms with Crippen LogP contribution in [0.15, 0.2) is 54.6 Å². The fraction of sp³-hybridized carbons (Fsp3) is 0.370. The van der Waals surface area contributed by atoms with E-state index in [0.29, 0.717) is 5.88 Å². The molecule has 5 nitrogen and oxygen atoms in total. The lowest BCUT2D eigenvalue weighted by Crippen LogP contribution is -2.30. The molecule has 0 atom stereocenters. The van der Waals surface area contributed by atoms with Crippen LogP contribution in [0.5, 0.6) is 23.1 Å². The van der Waals surface area contributed by atoms with Crippen molar-refractivity contribution in [3.05, 3.63) is 77.0 Å². The zero-order valence-corrected chi connectivity index (χ0v) is 19.6. The van der Waals surface area contributed by atoms with Gasteiger partial charge in [-0.25, -0.2) is 4.98 Å². The Hall–Kier alpha value is -3.05. The third-order valence-electron chi connectivity index (χ3n) is 5.91. The van der Waals surface area contributed by atoms with Crippen molar-refractivity contribution in [3.63, 3.8) is 0 Å². The van der Waals surface area contributed by atoms with Gasteiger partial charge in [-0.1, -0.05) is 39.0 Å². The monoisotopic (exact) mass is 432 g/mol. The highest BCUT2D eigenvalue weighted by molar-refractivity contribution is 5.48. The maximum Gasteiger partial charge on any atom is 0.219 e. The average Bonchev–Trinajstić information content (AvgIpc) is 2.78. The van der Waals surface area contributed by atoms with E-state index >= 15 is 0 Å². The molecule has 3 aromatic rings. The van der Waals surface area contributed by atoms with Crippen molar-refractivity contribution in [2.45, 2.75) is 45.7 Å². The maximum absolute atomic E-state index is 6.03. The van der Waals surface area contributed by atoms with Crippen molar-refractivity contribution in [3.8, 4) is 23.1 Å². The summed E-state index contributed by atoms with van der Waals surface area (Å²) in [4.78, 5) is 7.14. The first-order valence-electron chi connectivity index (χ1n) is 11.1. The van der Waals surface area contributed by atoms with Crippen LogP contribution >= 0.6 is 0 Å². The van der Waals surface area contributed by atoms with Gasteiger partial charge in [0.2, 0.25) is 5.88 Å². The standard InChI is InChI=1S/C27H32N2O3/c1-27(2,3)21-9-11-23(12-10-21)32-26-8-6-7-22(28-26)18-29-14-13-19-15-24(30-4)25(31-5)16-20(19)17-29/h6-12,15-16H,13-14,17-18H2,1-5H3. The molecule has 0 unspecified atom stereocenters. The second kappa shape index (κ2) is 9.21. The van der Waals surface area contributed by atoms with E-state index in [-0.39, 0.29) is 5.41 Å². The number of rotatable bonds is 6. The topological polar surface area (TPSA) is 43.8 Å². The van der Waals surface area contributed by atoms with E-state index in [2.05, 4.69) is 56.0 Å². The minimum atomic E-state index is 0.124. The smallest absolute Gasteiger partial charge is 0.219 e. The van der Waals surface area contributed by atoms with Crippen LogP contribution in [0.1, 0.15) is 43.2 Å². The Morgan fingerprint density at radius 2 is 1.59 bits per heavy atom. The lowest BCUT2D eigenvalue weighted by atomic mass is 9.87. The van der Waals surface area contributed by atoms with Crippen LogP contribution in [0.25, 0.3) is 0 Å². The molecule has 32 heavy (non-hydrogen) atoms. The van der Waals surface area contributed by atoms with Gasteiger partial charge in [0.25, 0.3) is 0 Å². The molecular formula is C27H32N2O3. The molecule has 1 aromatic heterocycles. The summed E-state index contributed by atoms with van der Waals surface area (Å²) in [5.41, 5.74) is 5.01. The van der Waals surface area contributed by atoms with Gasteiger partial charge < -0.3 is 14.2 Å². The summed E-state index contributed by atoms with van der Waals surface area (Å²) >= 11 is 0. The van der Waals surface area contributed by atoms with Gasteiger partial charge in [-0.05, 0) is 58.9 Å². The summed E-state index contributed by atoms with van der Waals surface area (Å²) < 4.78 is 17.0. The normalized spacial score (nSPS) is 14.0. The van der Waals surface area contributed by atoms with Gasteiger partial charge in [-0.2, -0.15) is 0 Å². The van der Waals surface area contributed by atoms with E-state index in [1.807, 2.05) is 24.3 Å². The predicted octanol–water partition coefficient (Wildman–Crippen LogP) is 5.75. The van der Waals surface area contributed by atoms with E-state index in [1.165, 1.54) is 16.7 Å². The molecule has 0 saturated carbocycles. The zero-order chi connectivity index (χ0) is 22.7. The fourth-order valence-corrected chi connectivity index (χ4v) is 4.05. The molecule has 4 rings (SSSR count). The number of hydrogen-bond acceptors (Lipinski definition) is 5. The molecule has 168 valence electrons. The highest BCUT2D eigenvalue weighted by Gasteiger charge is 2.20. The minimum absolute atomic E-state index is 0.124. The lowest BCUT2D eigenvalue weighted by molar-refractivity contribution is 0.240. The second-order valence-electron chi connectivity index (χ2n) is 9.28. The van der Waals surface area contributed by atoms with E-state index in [1.54, 1.807) is 14.2 Å². The van der Waals surface area contributed by atoms with Crippen LogP contribution in [-0.2, 0) is 24.9 Å². The summed E-state index contributed by atoms with van der Waals surface area (Å²) in [6.07, 6.45) is 0.978. The Morgan fingerprint density at radius 3 is 2.25 bits per heavy atom. The molecule has 1 aliphatic heterocycles. The molecular weight excluding hydrogens is 400 g/mol. The van der Waals surface area contributed by atoms with Crippen molar-refractivity contribution in [1.29, 1.82) is 0 Å². The predicted molar refractivity (Wildman–Crippen MR) is 127 cm³/mol. The SMILES string of the molecule is COc1cc2c(cc1OC)CN(Cc1cccc(Oc3ccc(C(C)(C)C)cc3)n1)CC2. The Labute approximate surface area is 191 Å². The quantitative estimate of drug-likeness (QED) is 0.496. The van der Waals surface area contributed by atoms with Crippen molar-refractivity contribution in [2.75, 3.05) is 20.8 Å². The van der Waals surface area contributed by atoms with E-state index in [4.69, 9.17) is 19.2 Å². The highest BCUT2D eigenvalue weighted by atomic mass is 16.5. The maximum atomic E-state index is 6.03. The van der Waals surface area contributed by atoms with E-state index < -0.39 is 0 Å². The van der Waals surface area contributed by atoms with E-state index in [0.717, 1.165) is 49.0 Å². The summed E-state index contributed by atoms with van der Waals surface area (Å²) in [5.74, 6) is 2.99. The number of methoxy groups -OCH3 is 2. The van der Waals surface area contributed by atoms with Gasteiger partial charge in [0.1, 0.15) is 5.75 Å². The number of benzene rings is 2. The first kappa shape index (κ1) is 22.2. The molecule has 0 saturated heterocycles. The number of nitrogens with zero attached hydrogens (tertiary/aromatic N) is 2. The molecule has 5 heteroatoms. The molecule has 2 heterocycles. The summed E-state index contributed by atoms with van der Waals surface area (Å²) in [6.45, 7) is 9.23. The van der Waals surface area contributed by atoms with Crippen LogP contribution < -0.4 is 14.2 Å². The Kier molecular flexibility index (Phi) is 6.38. The van der Waals surface area contributed by atoms with Gasteiger partial charge >= 0.3 is 0 Å². The molecule has 0 aliphatic carbocycles. The van der Waals surface area contributed by atoms with Gasteiger partial charge in [-0.15, -0.1) is 0 Å². The summed E-state index contributed by atoms with van der Waals surface area (Å²) in [7, 11) is 3.36. The number of hydrogen-bond donors (Lipinski definition) is 0. The minimum Gasteiger partial charge on any atom is -0.493 e. The van der Waals surface area contributed by atoms with Crippen LogP contribution in [0.3, 0.4) is 0 Å². The third kappa shape index (κ3) is 5.05. The largest absolute Gasteiger partial charge is 0.493 e. The van der Waals surface area contributed by atoms with Gasteiger partial charge in [0, 0.05) is 25.7 Å². The van der Waals surface area contributed by atoms with Crippen molar-refractivity contribution >= 4 is 0 Å². The molecule has 0 radical (unpaired) electrons. The van der Waals surface area contributed by atoms with Crippen LogP contribution in [0.2, 0.25) is 0 Å². The number of aromatic nitrogens is 1. The molecule has 0 N–H and O–H groups in total. The van der Waals surface area contributed by atoms with Crippen LogP contribution in [0.4, 0.5) is 0 Å². The van der Waals surface area contributed by atoms with Crippen molar-refractivity contribution in [2.24, 2.45) is 0 Å². The molecule has 0 amide bonds. The molecule has 2 aromatic carbocycles. The van der Waals surface area contributed by atoms with Crippen LogP contribution in [-0.4, -0.2) is 30.6 Å². The molecule has 0 fully saturated rings. The average molecular weight is 433 g/mol. The Bertz CT molecular complexity index is 1070. The Morgan fingerprint density at radius 1 is 0.906 bits per heavy atom. The fourth-order valence-electron chi connectivity index (χ4n) is 4.05. The van der Waals surface area contributed by atoms with Crippen LogP contribution in [0, 0.1) is 0 Å². The van der Waals surface area contributed by atoms with Gasteiger partial charge in [0.15, 0.2) is 11.5 Å². The summed E-state index contributed by atoms with van der Waals surface area (Å²) in [6, 6.07) is 18.4. The van der Waals surface area contributed by atoms with Crippen molar-refractivity contribution in [1.82, 2.24) is 9.88 Å². The second-order valence-corrected chi connectivity index (χ2v) is 9.28. The van der Waals surface area contributed by atoms with Gasteiger partial charge in [0.05, 0.1) is 19.9 Å². The Balaban J connectivity index is 1.43. The summed E-state index contributed by atoms with van der Waals surface area (Å²) in [5, 5.41) is 0. The number of fused-ring (bicyclic) bond motifs is 1. The zero-order valence-electron chi connectivity index (χ0n) is 19.6. The third-order valence-corrected chi connectivity index (χ3v) is 5.91. The molecule has 0 bridgehead atoms. The first-order chi connectivity index (χ1) is 15.4. The first-order valence-corrected chi connectivity index (χ1v) is 11.1. The molecule has 1 aliphatic rings. The van der Waals surface area contributed by atoms with Gasteiger partial charge in [-0.3, -0.25) is 4.90 Å².